The van der Waals surface area contributed by atoms with Crippen LogP contribution in [-0.2, 0) is 0 Å². The summed E-state index contributed by atoms with van der Waals surface area (Å²) in [7, 11) is 1.56. The van der Waals surface area contributed by atoms with Gasteiger partial charge in [-0.3, -0.25) is 4.79 Å². The molecule has 2 aromatic carbocycles. The number of anilines is 2. The Morgan fingerprint density at radius 1 is 1.25 bits per heavy atom. The van der Waals surface area contributed by atoms with Crippen LogP contribution in [0.3, 0.4) is 0 Å². The molecule has 0 aliphatic carbocycles. The number of halogens is 1. The lowest BCUT2D eigenvalue weighted by Gasteiger charge is -2.10. The zero-order valence-electron chi connectivity index (χ0n) is 11.2. The number of hydrogen-bond acceptors (Lipinski definition) is 3. The minimum absolute atomic E-state index is 0.257. The van der Waals surface area contributed by atoms with Gasteiger partial charge in [-0.25, -0.2) is 0 Å². The molecule has 0 atom stereocenters. The number of amides is 1. The monoisotopic (exact) mass is 290 g/mol. The molecule has 3 N–H and O–H groups in total. The van der Waals surface area contributed by atoms with Crippen LogP contribution in [0.2, 0.25) is 5.02 Å². The Labute approximate surface area is 122 Å². The Bertz CT molecular complexity index is 636. The van der Waals surface area contributed by atoms with E-state index < -0.39 is 0 Å². The minimum Gasteiger partial charge on any atom is -0.497 e. The maximum absolute atomic E-state index is 12.2. The van der Waals surface area contributed by atoms with Crippen LogP contribution >= 0.6 is 11.6 Å². The van der Waals surface area contributed by atoms with E-state index in [0.29, 0.717) is 27.7 Å². The van der Waals surface area contributed by atoms with Crippen molar-refractivity contribution in [1.82, 2.24) is 0 Å². The molecule has 2 aromatic rings. The van der Waals surface area contributed by atoms with Crippen molar-refractivity contribution in [1.29, 1.82) is 0 Å². The van der Waals surface area contributed by atoms with Gasteiger partial charge in [0.15, 0.2) is 0 Å². The standard InChI is InChI=1S/C15H15ClN2O2/c1-9-5-10(7-11(16)6-9)15(19)18-14-4-3-12(20-2)8-13(14)17/h3-8H,17H2,1-2H3,(H,18,19). The molecular formula is C15H15ClN2O2. The molecule has 5 heteroatoms. The summed E-state index contributed by atoms with van der Waals surface area (Å²) in [5, 5.41) is 3.28. The Balaban J connectivity index is 2.23. The van der Waals surface area contributed by atoms with E-state index in [2.05, 4.69) is 5.32 Å². The molecular weight excluding hydrogens is 276 g/mol. The molecule has 0 saturated heterocycles. The van der Waals surface area contributed by atoms with Gasteiger partial charge in [-0.05, 0) is 42.8 Å². The summed E-state index contributed by atoms with van der Waals surface area (Å²) < 4.78 is 5.06. The Morgan fingerprint density at radius 2 is 2.00 bits per heavy atom. The normalized spacial score (nSPS) is 10.2. The highest BCUT2D eigenvalue weighted by Crippen LogP contribution is 2.25. The maximum Gasteiger partial charge on any atom is 0.255 e. The molecule has 0 aliphatic rings. The van der Waals surface area contributed by atoms with Crippen LogP contribution in [0.4, 0.5) is 11.4 Å². The molecule has 0 aromatic heterocycles. The third-order valence-corrected chi connectivity index (χ3v) is 3.03. The molecule has 1 amide bonds. The average Bonchev–Trinajstić information content (AvgIpc) is 2.39. The molecule has 2 rings (SSSR count). The molecule has 0 bridgehead atoms. The number of benzene rings is 2. The van der Waals surface area contributed by atoms with Crippen LogP contribution in [0, 0.1) is 6.92 Å². The third-order valence-electron chi connectivity index (χ3n) is 2.81. The largest absolute Gasteiger partial charge is 0.497 e. The zero-order chi connectivity index (χ0) is 14.7. The second-order valence-corrected chi connectivity index (χ2v) is 4.86. The zero-order valence-corrected chi connectivity index (χ0v) is 12.0. The Hall–Kier alpha value is -2.20. The summed E-state index contributed by atoms with van der Waals surface area (Å²) in [4.78, 5) is 12.2. The predicted molar refractivity (Wildman–Crippen MR) is 81.5 cm³/mol. The molecule has 0 saturated carbocycles. The van der Waals surface area contributed by atoms with Crippen LogP contribution in [0.15, 0.2) is 36.4 Å². The fourth-order valence-corrected chi connectivity index (χ4v) is 2.13. The fraction of sp³-hybridized carbons (Fsp3) is 0.133. The Morgan fingerprint density at radius 3 is 2.60 bits per heavy atom. The first kappa shape index (κ1) is 14.2. The van der Waals surface area contributed by atoms with Crippen molar-refractivity contribution in [2.45, 2.75) is 6.92 Å². The fourth-order valence-electron chi connectivity index (χ4n) is 1.84. The topological polar surface area (TPSA) is 64.3 Å². The Kier molecular flexibility index (Phi) is 4.15. The van der Waals surface area contributed by atoms with E-state index in [1.54, 1.807) is 43.5 Å². The van der Waals surface area contributed by atoms with Gasteiger partial charge in [-0.2, -0.15) is 0 Å². The summed E-state index contributed by atoms with van der Waals surface area (Å²) in [6, 6.07) is 10.3. The third kappa shape index (κ3) is 3.22. The van der Waals surface area contributed by atoms with Gasteiger partial charge in [-0.15, -0.1) is 0 Å². The predicted octanol–water partition coefficient (Wildman–Crippen LogP) is 3.49. The average molecular weight is 291 g/mol. The van der Waals surface area contributed by atoms with Gasteiger partial charge < -0.3 is 15.8 Å². The number of carbonyl (C=O) groups excluding carboxylic acids is 1. The number of aryl methyl sites for hydroxylation is 1. The van der Waals surface area contributed by atoms with Gasteiger partial charge in [0.1, 0.15) is 5.75 Å². The lowest BCUT2D eigenvalue weighted by Crippen LogP contribution is -2.13. The first-order chi connectivity index (χ1) is 9.49. The lowest BCUT2D eigenvalue weighted by molar-refractivity contribution is 0.102. The van der Waals surface area contributed by atoms with Crippen LogP contribution in [0.25, 0.3) is 0 Å². The molecule has 104 valence electrons. The summed E-state index contributed by atoms with van der Waals surface area (Å²) in [6.45, 7) is 1.88. The van der Waals surface area contributed by atoms with Crippen LogP contribution in [0.1, 0.15) is 15.9 Å². The maximum atomic E-state index is 12.2. The van der Waals surface area contributed by atoms with Gasteiger partial charge in [0, 0.05) is 16.7 Å². The number of rotatable bonds is 3. The van der Waals surface area contributed by atoms with Crippen LogP contribution < -0.4 is 15.8 Å². The van der Waals surface area contributed by atoms with E-state index in [1.165, 1.54) is 0 Å². The summed E-state index contributed by atoms with van der Waals surface area (Å²) >= 11 is 5.95. The minimum atomic E-state index is -0.257. The van der Waals surface area contributed by atoms with Crippen molar-refractivity contribution in [3.05, 3.63) is 52.5 Å². The van der Waals surface area contributed by atoms with Crippen molar-refractivity contribution in [3.63, 3.8) is 0 Å². The van der Waals surface area contributed by atoms with E-state index in [0.717, 1.165) is 5.56 Å². The molecule has 0 fully saturated rings. The summed E-state index contributed by atoms with van der Waals surface area (Å²) in [5.74, 6) is 0.381. The van der Waals surface area contributed by atoms with Crippen molar-refractivity contribution >= 4 is 28.9 Å². The quantitative estimate of drug-likeness (QED) is 0.851. The number of methoxy groups -OCH3 is 1. The molecule has 20 heavy (non-hydrogen) atoms. The van der Waals surface area contributed by atoms with Crippen molar-refractivity contribution in [2.75, 3.05) is 18.2 Å². The number of nitrogens with one attached hydrogen (secondary N) is 1. The van der Waals surface area contributed by atoms with E-state index in [-0.39, 0.29) is 5.91 Å². The van der Waals surface area contributed by atoms with Crippen molar-refractivity contribution in [3.8, 4) is 5.75 Å². The molecule has 0 spiro atoms. The van der Waals surface area contributed by atoms with Gasteiger partial charge in [-0.1, -0.05) is 11.6 Å². The van der Waals surface area contributed by atoms with Gasteiger partial charge in [0.2, 0.25) is 0 Å². The number of hydrogen-bond donors (Lipinski definition) is 2. The summed E-state index contributed by atoms with van der Waals surface area (Å²) in [6.07, 6.45) is 0. The van der Waals surface area contributed by atoms with E-state index in [9.17, 15) is 4.79 Å². The highest BCUT2D eigenvalue weighted by Gasteiger charge is 2.10. The molecule has 0 aliphatic heterocycles. The highest BCUT2D eigenvalue weighted by molar-refractivity contribution is 6.31. The van der Waals surface area contributed by atoms with Gasteiger partial charge in [0.25, 0.3) is 5.91 Å². The number of ether oxygens (including phenoxy) is 1. The van der Waals surface area contributed by atoms with Crippen molar-refractivity contribution < 1.29 is 9.53 Å². The number of nitrogen functional groups attached to an aromatic ring is 1. The van der Waals surface area contributed by atoms with E-state index in [1.807, 2.05) is 6.92 Å². The van der Waals surface area contributed by atoms with Gasteiger partial charge in [0.05, 0.1) is 18.5 Å². The number of carbonyl (C=O) groups is 1. The first-order valence-corrected chi connectivity index (χ1v) is 6.39. The van der Waals surface area contributed by atoms with Crippen LogP contribution in [-0.4, -0.2) is 13.0 Å². The highest BCUT2D eigenvalue weighted by atomic mass is 35.5. The lowest BCUT2D eigenvalue weighted by atomic mass is 10.1. The van der Waals surface area contributed by atoms with Crippen molar-refractivity contribution in [2.24, 2.45) is 0 Å². The molecule has 0 radical (unpaired) electrons. The van der Waals surface area contributed by atoms with E-state index >= 15 is 0 Å². The SMILES string of the molecule is COc1ccc(NC(=O)c2cc(C)cc(Cl)c2)c(N)c1. The second-order valence-electron chi connectivity index (χ2n) is 4.42. The second kappa shape index (κ2) is 5.84. The molecule has 4 nitrogen and oxygen atoms in total. The van der Waals surface area contributed by atoms with Crippen LogP contribution in [0.5, 0.6) is 5.75 Å². The first-order valence-electron chi connectivity index (χ1n) is 6.01. The van der Waals surface area contributed by atoms with Gasteiger partial charge >= 0.3 is 0 Å². The smallest absolute Gasteiger partial charge is 0.255 e. The molecule has 0 unspecified atom stereocenters. The number of nitrogens with two attached hydrogens (primary N) is 1. The summed E-state index contributed by atoms with van der Waals surface area (Å²) in [5.41, 5.74) is 8.25. The van der Waals surface area contributed by atoms with E-state index in [4.69, 9.17) is 22.1 Å². The molecule has 0 heterocycles.